The molecule has 0 fully saturated rings. The molecule has 0 unspecified atom stereocenters. The van der Waals surface area contributed by atoms with E-state index in [1.165, 1.54) is 29.8 Å². The van der Waals surface area contributed by atoms with Gasteiger partial charge >= 0.3 is 0 Å². The van der Waals surface area contributed by atoms with Gasteiger partial charge in [0.2, 0.25) is 0 Å². The number of benzene rings is 1. The minimum Gasteiger partial charge on any atom is -0.245 e. The molecule has 0 atom stereocenters. The highest BCUT2D eigenvalue weighted by Gasteiger charge is 2.15. The van der Waals surface area contributed by atoms with Crippen LogP contribution in [0.5, 0.6) is 0 Å². The molecule has 0 aliphatic heterocycles. The van der Waals surface area contributed by atoms with Crippen molar-refractivity contribution in [1.82, 2.24) is 4.98 Å². The van der Waals surface area contributed by atoms with Gasteiger partial charge in [0.05, 0.1) is 5.56 Å². The Balaban J connectivity index is 1.85. The first-order chi connectivity index (χ1) is 10.3. The molecule has 1 aromatic heterocycles. The van der Waals surface area contributed by atoms with Gasteiger partial charge in [0.25, 0.3) is 0 Å². The fourth-order valence-corrected chi connectivity index (χ4v) is 3.53. The summed E-state index contributed by atoms with van der Waals surface area (Å²) in [6.45, 7) is 0. The standard InChI is InChI=1S/C17H15FN2S/c18-15-7-3-1-6-13(15)11-21-17-14(10-19)9-12-5-2-4-8-16(12)20-17/h1,3,6-7,9H,2,4-5,8,11H2. The molecule has 0 bridgehead atoms. The second-order valence-corrected chi connectivity index (χ2v) is 6.11. The summed E-state index contributed by atoms with van der Waals surface area (Å²) < 4.78 is 13.6. The van der Waals surface area contributed by atoms with Crippen molar-refractivity contribution in [2.24, 2.45) is 0 Å². The molecule has 1 aliphatic rings. The van der Waals surface area contributed by atoms with Crippen LogP contribution in [0, 0.1) is 17.1 Å². The Labute approximate surface area is 128 Å². The second kappa shape index (κ2) is 6.28. The van der Waals surface area contributed by atoms with Crippen molar-refractivity contribution in [2.75, 3.05) is 0 Å². The van der Waals surface area contributed by atoms with E-state index in [1.807, 2.05) is 12.1 Å². The molecule has 1 heterocycles. The molecule has 2 aromatic rings. The predicted molar refractivity (Wildman–Crippen MR) is 81.6 cm³/mol. The van der Waals surface area contributed by atoms with Crippen LogP contribution in [-0.4, -0.2) is 4.98 Å². The number of aromatic nitrogens is 1. The van der Waals surface area contributed by atoms with E-state index in [9.17, 15) is 9.65 Å². The normalized spacial score (nSPS) is 13.5. The highest BCUT2D eigenvalue weighted by molar-refractivity contribution is 7.98. The molecule has 0 amide bonds. The molecule has 21 heavy (non-hydrogen) atoms. The first kappa shape index (κ1) is 14.1. The molecule has 0 saturated heterocycles. The lowest BCUT2D eigenvalue weighted by molar-refractivity contribution is 0.617. The van der Waals surface area contributed by atoms with Crippen LogP contribution < -0.4 is 0 Å². The average molecular weight is 298 g/mol. The molecule has 0 spiro atoms. The smallest absolute Gasteiger partial charge is 0.127 e. The SMILES string of the molecule is N#Cc1cc2c(nc1SCc1ccccc1F)CCCC2. The van der Waals surface area contributed by atoms with Gasteiger partial charge in [-0.2, -0.15) is 5.26 Å². The lowest BCUT2D eigenvalue weighted by atomic mass is 9.95. The first-order valence-corrected chi connectivity index (χ1v) is 8.05. The highest BCUT2D eigenvalue weighted by Crippen LogP contribution is 2.29. The van der Waals surface area contributed by atoms with Crippen LogP contribution in [0.2, 0.25) is 0 Å². The van der Waals surface area contributed by atoms with Crippen LogP contribution in [-0.2, 0) is 18.6 Å². The number of rotatable bonds is 3. The van der Waals surface area contributed by atoms with Crippen molar-refractivity contribution < 1.29 is 4.39 Å². The summed E-state index contributed by atoms with van der Waals surface area (Å²) in [5.41, 5.74) is 3.56. The van der Waals surface area contributed by atoms with Crippen LogP contribution in [0.3, 0.4) is 0 Å². The number of pyridine rings is 1. The van der Waals surface area contributed by atoms with Crippen molar-refractivity contribution in [3.63, 3.8) is 0 Å². The van der Waals surface area contributed by atoms with Gasteiger partial charge < -0.3 is 0 Å². The molecule has 0 N–H and O–H groups in total. The lowest BCUT2D eigenvalue weighted by Crippen LogP contribution is -2.07. The summed E-state index contributed by atoms with van der Waals surface area (Å²) in [6, 6.07) is 10.9. The Morgan fingerprint density at radius 3 is 2.86 bits per heavy atom. The van der Waals surface area contributed by atoms with Crippen molar-refractivity contribution >= 4 is 11.8 Å². The Bertz CT molecular complexity index is 706. The fourth-order valence-electron chi connectivity index (χ4n) is 2.57. The number of hydrogen-bond donors (Lipinski definition) is 0. The van der Waals surface area contributed by atoms with Crippen LogP contribution in [0.1, 0.15) is 35.2 Å². The summed E-state index contributed by atoms with van der Waals surface area (Å²) in [4.78, 5) is 4.65. The Kier molecular flexibility index (Phi) is 4.21. The predicted octanol–water partition coefficient (Wildman–Crippen LogP) is 4.26. The Hall–Kier alpha value is -1.86. The molecule has 2 nitrogen and oxygen atoms in total. The molecule has 1 aliphatic carbocycles. The van der Waals surface area contributed by atoms with Gasteiger partial charge in [0.15, 0.2) is 0 Å². The zero-order chi connectivity index (χ0) is 14.7. The lowest BCUT2D eigenvalue weighted by Gasteiger charge is -2.16. The van der Waals surface area contributed by atoms with E-state index in [4.69, 9.17) is 0 Å². The number of halogens is 1. The number of hydrogen-bond acceptors (Lipinski definition) is 3. The zero-order valence-electron chi connectivity index (χ0n) is 11.6. The van der Waals surface area contributed by atoms with Gasteiger partial charge in [0, 0.05) is 11.4 Å². The zero-order valence-corrected chi connectivity index (χ0v) is 12.4. The average Bonchev–Trinajstić information content (AvgIpc) is 2.53. The maximum atomic E-state index is 13.6. The van der Waals surface area contributed by atoms with Crippen LogP contribution in [0.25, 0.3) is 0 Å². The Morgan fingerprint density at radius 2 is 2.05 bits per heavy atom. The molecule has 4 heteroatoms. The maximum Gasteiger partial charge on any atom is 0.127 e. The number of aryl methyl sites for hydroxylation is 2. The summed E-state index contributed by atoms with van der Waals surface area (Å²) in [5, 5.41) is 10.0. The molecule has 0 radical (unpaired) electrons. The van der Waals surface area contributed by atoms with E-state index in [-0.39, 0.29) is 5.82 Å². The highest BCUT2D eigenvalue weighted by atomic mass is 32.2. The van der Waals surface area contributed by atoms with Crippen LogP contribution in [0.15, 0.2) is 35.4 Å². The second-order valence-electron chi connectivity index (χ2n) is 5.15. The van der Waals surface area contributed by atoms with Crippen molar-refractivity contribution in [3.8, 4) is 6.07 Å². The third-order valence-electron chi connectivity index (χ3n) is 3.71. The van der Waals surface area contributed by atoms with E-state index in [0.29, 0.717) is 16.9 Å². The quantitative estimate of drug-likeness (QED) is 0.794. The Morgan fingerprint density at radius 1 is 1.24 bits per heavy atom. The number of nitrogens with zero attached hydrogens (tertiary/aromatic N) is 2. The topological polar surface area (TPSA) is 36.7 Å². The monoisotopic (exact) mass is 298 g/mol. The summed E-state index contributed by atoms with van der Waals surface area (Å²) in [6.07, 6.45) is 4.31. The van der Waals surface area contributed by atoms with Gasteiger partial charge in [-0.25, -0.2) is 9.37 Å². The summed E-state index contributed by atoms with van der Waals surface area (Å²) >= 11 is 1.44. The number of nitriles is 1. The third-order valence-corrected chi connectivity index (χ3v) is 4.75. The molecule has 1 aromatic carbocycles. The molecular formula is C17H15FN2S. The van der Waals surface area contributed by atoms with E-state index in [2.05, 4.69) is 11.1 Å². The van der Waals surface area contributed by atoms with E-state index >= 15 is 0 Å². The number of thioether (sulfide) groups is 1. The fraction of sp³-hybridized carbons (Fsp3) is 0.294. The third kappa shape index (κ3) is 3.08. The van der Waals surface area contributed by atoms with Gasteiger partial charge in [-0.15, -0.1) is 11.8 Å². The minimum atomic E-state index is -0.207. The molecular weight excluding hydrogens is 283 g/mol. The molecule has 3 rings (SSSR count). The van der Waals surface area contributed by atoms with Crippen LogP contribution in [0.4, 0.5) is 4.39 Å². The maximum absolute atomic E-state index is 13.6. The van der Waals surface area contributed by atoms with Gasteiger partial charge in [-0.3, -0.25) is 0 Å². The summed E-state index contributed by atoms with van der Waals surface area (Å²) in [5.74, 6) is 0.286. The number of fused-ring (bicyclic) bond motifs is 1. The van der Waals surface area contributed by atoms with Crippen molar-refractivity contribution in [3.05, 3.63) is 58.5 Å². The van der Waals surface area contributed by atoms with E-state index < -0.39 is 0 Å². The van der Waals surface area contributed by atoms with Crippen molar-refractivity contribution in [1.29, 1.82) is 5.26 Å². The first-order valence-electron chi connectivity index (χ1n) is 7.07. The molecule has 0 saturated carbocycles. The van der Waals surface area contributed by atoms with Crippen molar-refractivity contribution in [2.45, 2.75) is 36.5 Å². The van der Waals surface area contributed by atoms with Gasteiger partial charge in [-0.05, 0) is 48.9 Å². The minimum absolute atomic E-state index is 0.207. The summed E-state index contributed by atoms with van der Waals surface area (Å²) in [7, 11) is 0. The van der Waals surface area contributed by atoms with Gasteiger partial charge in [0.1, 0.15) is 16.9 Å². The largest absolute Gasteiger partial charge is 0.245 e. The van der Waals surface area contributed by atoms with E-state index in [1.54, 1.807) is 12.1 Å². The van der Waals surface area contributed by atoms with Gasteiger partial charge in [-0.1, -0.05) is 18.2 Å². The van der Waals surface area contributed by atoms with E-state index in [0.717, 1.165) is 30.0 Å². The molecule has 106 valence electrons. The van der Waals surface area contributed by atoms with Crippen LogP contribution >= 0.6 is 11.8 Å².